The third-order valence-electron chi connectivity index (χ3n) is 6.23. The highest BCUT2D eigenvalue weighted by Gasteiger charge is 2.29. The zero-order valence-corrected chi connectivity index (χ0v) is 18.8. The highest BCUT2D eigenvalue weighted by atomic mass is 19.1. The van der Waals surface area contributed by atoms with Crippen LogP contribution in [-0.4, -0.2) is 54.8 Å². The summed E-state index contributed by atoms with van der Waals surface area (Å²) < 4.78 is 13.7. The number of hydrogen-bond acceptors (Lipinski definition) is 4. The van der Waals surface area contributed by atoms with Crippen LogP contribution in [0.3, 0.4) is 0 Å². The molecule has 1 fully saturated rings. The fraction of sp³-hybridized carbons (Fsp3) is 0.185. The lowest BCUT2D eigenvalue weighted by Gasteiger charge is -2.32. The molecule has 0 bridgehead atoms. The van der Waals surface area contributed by atoms with Crippen LogP contribution in [0.15, 0.2) is 72.8 Å². The van der Waals surface area contributed by atoms with Gasteiger partial charge in [0.1, 0.15) is 5.82 Å². The summed E-state index contributed by atoms with van der Waals surface area (Å²) in [5.74, 6) is -0.684. The molecule has 0 unspecified atom stereocenters. The second kappa shape index (κ2) is 9.11. The summed E-state index contributed by atoms with van der Waals surface area (Å²) in [5, 5.41) is 6.13. The molecule has 172 valence electrons. The van der Waals surface area contributed by atoms with Crippen LogP contribution in [0.2, 0.25) is 0 Å². The second-order valence-electron chi connectivity index (χ2n) is 8.56. The van der Waals surface area contributed by atoms with Gasteiger partial charge in [0.2, 0.25) is 0 Å². The Morgan fingerprint density at radius 1 is 0.912 bits per heavy atom. The quantitative estimate of drug-likeness (QED) is 0.579. The maximum Gasteiger partial charge on any atom is 0.258 e. The van der Waals surface area contributed by atoms with E-state index in [-0.39, 0.29) is 11.8 Å². The minimum atomic E-state index is -0.407. The Hall–Kier alpha value is -3.97. The molecule has 3 aromatic carbocycles. The zero-order chi connectivity index (χ0) is 23.7. The van der Waals surface area contributed by atoms with Gasteiger partial charge in [-0.15, -0.1) is 0 Å². The molecule has 6 nitrogen and oxygen atoms in total. The van der Waals surface area contributed by atoms with E-state index in [2.05, 4.69) is 22.6 Å². The molecule has 0 aromatic heterocycles. The van der Waals surface area contributed by atoms with E-state index in [1.807, 2.05) is 47.4 Å². The van der Waals surface area contributed by atoms with Crippen LogP contribution < -0.4 is 10.6 Å². The van der Waals surface area contributed by atoms with Gasteiger partial charge in [0, 0.05) is 43.0 Å². The molecule has 3 aromatic rings. The van der Waals surface area contributed by atoms with E-state index >= 15 is 0 Å². The Bertz CT molecular complexity index is 1260. The number of carbonyl (C=O) groups is 2. The van der Waals surface area contributed by atoms with Gasteiger partial charge >= 0.3 is 0 Å². The van der Waals surface area contributed by atoms with Crippen molar-refractivity contribution in [1.29, 1.82) is 0 Å². The molecule has 1 saturated heterocycles. The molecule has 0 aliphatic carbocycles. The molecule has 2 amide bonds. The lowest BCUT2D eigenvalue weighted by molar-refractivity contribution is -0.110. The van der Waals surface area contributed by atoms with Crippen molar-refractivity contribution in [2.75, 3.05) is 43.9 Å². The van der Waals surface area contributed by atoms with Crippen LogP contribution in [0.5, 0.6) is 0 Å². The van der Waals surface area contributed by atoms with Crippen LogP contribution in [0.4, 0.5) is 15.8 Å². The van der Waals surface area contributed by atoms with Gasteiger partial charge in [-0.3, -0.25) is 9.59 Å². The Labute approximate surface area is 197 Å². The third kappa shape index (κ3) is 4.30. The van der Waals surface area contributed by atoms with E-state index < -0.39 is 5.82 Å². The van der Waals surface area contributed by atoms with E-state index in [0.717, 1.165) is 24.3 Å². The first-order valence-electron chi connectivity index (χ1n) is 11.3. The molecule has 2 aliphatic heterocycles. The van der Waals surface area contributed by atoms with E-state index in [4.69, 9.17) is 0 Å². The predicted molar refractivity (Wildman–Crippen MR) is 132 cm³/mol. The molecule has 34 heavy (non-hydrogen) atoms. The summed E-state index contributed by atoms with van der Waals surface area (Å²) in [6.07, 6.45) is 0. The number of halogens is 1. The maximum atomic E-state index is 13.7. The molecule has 0 radical (unpaired) electrons. The van der Waals surface area contributed by atoms with Crippen molar-refractivity contribution in [1.82, 2.24) is 9.80 Å². The van der Waals surface area contributed by atoms with E-state index in [9.17, 15) is 14.0 Å². The highest BCUT2D eigenvalue weighted by molar-refractivity contribution is 6.37. The first kappa shape index (κ1) is 21.9. The van der Waals surface area contributed by atoms with Gasteiger partial charge in [-0.05, 0) is 55.1 Å². The average Bonchev–Trinajstić information content (AvgIpc) is 3.18. The maximum absolute atomic E-state index is 13.7. The number of likely N-dealkylation sites (N-methyl/N-ethyl adjacent to an activating group) is 1. The molecule has 0 spiro atoms. The molecule has 2 aliphatic rings. The van der Waals surface area contributed by atoms with Crippen molar-refractivity contribution in [2.24, 2.45) is 0 Å². The van der Waals surface area contributed by atoms with Crippen LogP contribution in [-0.2, 0) is 4.79 Å². The largest absolute Gasteiger partial charge is 0.354 e. The van der Waals surface area contributed by atoms with Gasteiger partial charge in [0.05, 0.1) is 17.0 Å². The van der Waals surface area contributed by atoms with Gasteiger partial charge in [-0.2, -0.15) is 0 Å². The summed E-state index contributed by atoms with van der Waals surface area (Å²) >= 11 is 0. The topological polar surface area (TPSA) is 64.7 Å². The second-order valence-corrected chi connectivity index (χ2v) is 8.56. The standard InChI is InChI=1S/C27H25FN4O2/c1-31-13-15-32(16-14-31)27(34)19-7-10-21(11-8-19)29-25(18-5-3-2-4-6-18)24-22-12-9-20(28)17-23(22)30-26(24)33/h2-12,17,29H,13-16H2,1H3,(H,30,33)/b25-24-. The molecule has 2 N–H and O–H groups in total. The third-order valence-corrected chi connectivity index (χ3v) is 6.23. The molecule has 2 heterocycles. The number of anilines is 2. The van der Waals surface area contributed by atoms with E-state index in [0.29, 0.717) is 41.2 Å². The van der Waals surface area contributed by atoms with Crippen LogP contribution in [0, 0.1) is 5.82 Å². The van der Waals surface area contributed by atoms with Crippen molar-refractivity contribution >= 4 is 34.5 Å². The minimum Gasteiger partial charge on any atom is -0.354 e. The highest BCUT2D eigenvalue weighted by Crippen LogP contribution is 2.37. The molecular formula is C27H25FN4O2. The van der Waals surface area contributed by atoms with Crippen molar-refractivity contribution in [3.8, 4) is 0 Å². The number of amides is 2. The number of rotatable bonds is 4. The molecule has 7 heteroatoms. The minimum absolute atomic E-state index is 0.0208. The van der Waals surface area contributed by atoms with Crippen molar-refractivity contribution in [3.63, 3.8) is 0 Å². The lowest BCUT2D eigenvalue weighted by Crippen LogP contribution is -2.47. The Morgan fingerprint density at radius 3 is 2.32 bits per heavy atom. The Balaban J connectivity index is 1.46. The first-order valence-corrected chi connectivity index (χ1v) is 11.3. The van der Waals surface area contributed by atoms with Gasteiger partial charge in [-0.25, -0.2) is 4.39 Å². The number of nitrogens with zero attached hydrogens (tertiary/aromatic N) is 2. The van der Waals surface area contributed by atoms with Crippen LogP contribution in [0.25, 0.3) is 11.3 Å². The predicted octanol–water partition coefficient (Wildman–Crippen LogP) is 4.15. The Kier molecular flexibility index (Phi) is 5.86. The van der Waals surface area contributed by atoms with Crippen molar-refractivity contribution in [2.45, 2.75) is 0 Å². The first-order chi connectivity index (χ1) is 16.5. The molecule has 5 rings (SSSR count). The number of benzene rings is 3. The lowest BCUT2D eigenvalue weighted by atomic mass is 10.00. The van der Waals surface area contributed by atoms with Gasteiger partial charge in [0.25, 0.3) is 11.8 Å². The number of nitrogens with one attached hydrogen (secondary N) is 2. The SMILES string of the molecule is CN1CCN(C(=O)c2ccc(N/C(=C3\C(=O)Nc4cc(F)ccc43)c3ccccc3)cc2)CC1. The zero-order valence-electron chi connectivity index (χ0n) is 18.8. The van der Waals surface area contributed by atoms with Crippen LogP contribution >= 0.6 is 0 Å². The molecule has 0 saturated carbocycles. The van der Waals surface area contributed by atoms with E-state index in [1.54, 1.807) is 18.2 Å². The molecule has 0 atom stereocenters. The summed E-state index contributed by atoms with van der Waals surface area (Å²) in [7, 11) is 2.06. The van der Waals surface area contributed by atoms with Crippen LogP contribution in [0.1, 0.15) is 21.5 Å². The fourth-order valence-electron chi connectivity index (χ4n) is 4.31. The van der Waals surface area contributed by atoms with E-state index in [1.165, 1.54) is 12.1 Å². The smallest absolute Gasteiger partial charge is 0.258 e. The van der Waals surface area contributed by atoms with Gasteiger partial charge in [0.15, 0.2) is 0 Å². The van der Waals surface area contributed by atoms with Crippen molar-refractivity contribution in [3.05, 3.63) is 95.3 Å². The number of fused-ring (bicyclic) bond motifs is 1. The summed E-state index contributed by atoms with van der Waals surface area (Å²) in [6, 6.07) is 21.1. The normalized spacial score (nSPS) is 17.2. The fourth-order valence-corrected chi connectivity index (χ4v) is 4.31. The summed E-state index contributed by atoms with van der Waals surface area (Å²) in [4.78, 5) is 29.9. The van der Waals surface area contributed by atoms with Gasteiger partial charge < -0.3 is 20.4 Å². The number of hydrogen-bond donors (Lipinski definition) is 2. The van der Waals surface area contributed by atoms with Crippen molar-refractivity contribution < 1.29 is 14.0 Å². The number of carbonyl (C=O) groups excluding carboxylic acids is 2. The monoisotopic (exact) mass is 456 g/mol. The number of piperazine rings is 1. The Morgan fingerprint density at radius 2 is 1.62 bits per heavy atom. The summed E-state index contributed by atoms with van der Waals surface area (Å²) in [5.41, 5.74) is 4.33. The molecular weight excluding hydrogens is 431 g/mol. The average molecular weight is 457 g/mol. The summed E-state index contributed by atoms with van der Waals surface area (Å²) in [6.45, 7) is 3.17. The van der Waals surface area contributed by atoms with Gasteiger partial charge in [-0.1, -0.05) is 30.3 Å².